The highest BCUT2D eigenvalue weighted by Crippen LogP contribution is 1.93. The van der Waals surface area contributed by atoms with Gasteiger partial charge in [-0.15, -0.1) is 0 Å². The summed E-state index contributed by atoms with van der Waals surface area (Å²) in [7, 11) is 0. The molecule has 4 heteroatoms. The first-order valence-corrected chi connectivity index (χ1v) is 5.65. The Labute approximate surface area is 95.5 Å². The molecule has 0 saturated carbocycles. The highest BCUT2D eigenvalue weighted by atomic mass is 16.5. The molecule has 0 aliphatic heterocycles. The lowest BCUT2D eigenvalue weighted by Gasteiger charge is -2.12. The van der Waals surface area contributed by atoms with E-state index in [1.807, 2.05) is 0 Å². The van der Waals surface area contributed by atoms with Crippen LogP contribution >= 0.6 is 0 Å². The zero-order chi connectivity index (χ0) is 11.8. The second-order valence-corrected chi connectivity index (χ2v) is 3.77. The molecule has 0 amide bonds. The van der Waals surface area contributed by atoms with Crippen molar-refractivity contribution in [2.75, 3.05) is 13.2 Å². The molecule has 0 aliphatic rings. The number of nitrogens with zero attached hydrogens (tertiary/aromatic N) is 1. The highest BCUT2D eigenvalue weighted by molar-refractivity contribution is 4.93. The molecule has 1 atom stereocenters. The third-order valence-corrected chi connectivity index (χ3v) is 2.26. The normalized spacial score (nSPS) is 12.6. The second kappa shape index (κ2) is 7.19. The molecule has 0 spiro atoms. The summed E-state index contributed by atoms with van der Waals surface area (Å²) >= 11 is 0. The van der Waals surface area contributed by atoms with Gasteiger partial charge in [-0.2, -0.15) is 0 Å². The molecule has 0 fully saturated rings. The minimum absolute atomic E-state index is 0.102. The molecule has 0 saturated heterocycles. The monoisotopic (exact) mass is 225 g/mol. The lowest BCUT2D eigenvalue weighted by atomic mass is 10.3. The molecule has 0 aromatic carbocycles. The van der Waals surface area contributed by atoms with Crippen LogP contribution in [0.2, 0.25) is 0 Å². The summed E-state index contributed by atoms with van der Waals surface area (Å²) in [4.78, 5) is 11.3. The van der Waals surface area contributed by atoms with E-state index in [1.54, 1.807) is 18.3 Å². The molecular weight excluding hydrogens is 206 g/mol. The largest absolute Gasteiger partial charge is 0.389 e. The van der Waals surface area contributed by atoms with Gasteiger partial charge in [0, 0.05) is 18.9 Å². The first kappa shape index (κ1) is 12.9. The average molecular weight is 225 g/mol. The van der Waals surface area contributed by atoms with Crippen molar-refractivity contribution in [3.8, 4) is 0 Å². The van der Waals surface area contributed by atoms with Gasteiger partial charge in [0.1, 0.15) is 0 Å². The number of hydrogen-bond acceptors (Lipinski definition) is 3. The lowest BCUT2D eigenvalue weighted by Crippen LogP contribution is -2.28. The number of aliphatic hydroxyl groups excluding tert-OH is 1. The lowest BCUT2D eigenvalue weighted by molar-refractivity contribution is 0.0266. The number of ether oxygens (including phenoxy) is 1. The van der Waals surface area contributed by atoms with E-state index in [4.69, 9.17) is 4.74 Å². The Bertz CT molecular complexity index is 348. The van der Waals surface area contributed by atoms with Gasteiger partial charge in [0.05, 0.1) is 19.3 Å². The Balaban J connectivity index is 2.31. The number of hydrogen-bond donors (Lipinski definition) is 1. The zero-order valence-electron chi connectivity index (χ0n) is 9.63. The predicted octanol–water partition coefficient (Wildman–Crippen LogP) is 1.03. The maximum atomic E-state index is 11.3. The topological polar surface area (TPSA) is 51.5 Å². The van der Waals surface area contributed by atoms with Crippen molar-refractivity contribution in [1.29, 1.82) is 0 Å². The summed E-state index contributed by atoms with van der Waals surface area (Å²) in [5, 5.41) is 9.64. The third-order valence-electron chi connectivity index (χ3n) is 2.26. The SMILES string of the molecule is CCCCOC[C@@H](O)Cn1ccccc1=O. The summed E-state index contributed by atoms with van der Waals surface area (Å²) < 4.78 is 6.76. The molecule has 1 N–H and O–H groups in total. The van der Waals surface area contributed by atoms with Crippen LogP contribution in [0.15, 0.2) is 29.2 Å². The molecule has 0 aliphatic carbocycles. The van der Waals surface area contributed by atoms with Gasteiger partial charge in [-0.1, -0.05) is 19.4 Å². The summed E-state index contributed by atoms with van der Waals surface area (Å²) in [5.41, 5.74) is -0.102. The van der Waals surface area contributed by atoms with Crippen LogP contribution in [0, 0.1) is 0 Å². The Kier molecular flexibility index (Phi) is 5.82. The minimum Gasteiger partial charge on any atom is -0.389 e. The van der Waals surface area contributed by atoms with Crippen molar-refractivity contribution >= 4 is 0 Å². The molecular formula is C12H19NO3. The molecule has 1 aromatic heterocycles. The summed E-state index contributed by atoms with van der Waals surface area (Å²) in [6, 6.07) is 4.93. The van der Waals surface area contributed by atoms with Crippen LogP contribution in [0.1, 0.15) is 19.8 Å². The van der Waals surface area contributed by atoms with E-state index >= 15 is 0 Å². The fourth-order valence-corrected chi connectivity index (χ4v) is 1.36. The van der Waals surface area contributed by atoms with Crippen LogP contribution in [0.5, 0.6) is 0 Å². The van der Waals surface area contributed by atoms with Gasteiger partial charge in [-0.3, -0.25) is 4.79 Å². The Morgan fingerprint density at radius 1 is 1.50 bits per heavy atom. The van der Waals surface area contributed by atoms with Crippen LogP contribution in [0.4, 0.5) is 0 Å². The van der Waals surface area contributed by atoms with Crippen molar-refractivity contribution in [3.63, 3.8) is 0 Å². The molecule has 1 aromatic rings. The first-order chi connectivity index (χ1) is 7.74. The molecule has 0 bridgehead atoms. The van der Waals surface area contributed by atoms with Gasteiger partial charge >= 0.3 is 0 Å². The van der Waals surface area contributed by atoms with Crippen LogP contribution in [-0.4, -0.2) is 29.0 Å². The van der Waals surface area contributed by atoms with E-state index in [1.165, 1.54) is 10.6 Å². The van der Waals surface area contributed by atoms with Crippen LogP contribution in [0.3, 0.4) is 0 Å². The highest BCUT2D eigenvalue weighted by Gasteiger charge is 2.05. The summed E-state index contributed by atoms with van der Waals surface area (Å²) in [6.45, 7) is 3.31. The molecule has 1 rings (SSSR count). The van der Waals surface area contributed by atoms with Crippen LogP contribution < -0.4 is 5.56 Å². The Morgan fingerprint density at radius 3 is 3.00 bits per heavy atom. The Hall–Kier alpha value is -1.13. The van der Waals surface area contributed by atoms with E-state index in [9.17, 15) is 9.90 Å². The minimum atomic E-state index is -0.628. The van der Waals surface area contributed by atoms with Crippen LogP contribution in [-0.2, 0) is 11.3 Å². The van der Waals surface area contributed by atoms with Gasteiger partial charge in [-0.25, -0.2) is 0 Å². The van der Waals surface area contributed by atoms with E-state index in [2.05, 4.69) is 6.92 Å². The van der Waals surface area contributed by atoms with Crippen molar-refractivity contribution in [3.05, 3.63) is 34.7 Å². The fraction of sp³-hybridized carbons (Fsp3) is 0.583. The van der Waals surface area contributed by atoms with E-state index in [-0.39, 0.29) is 18.7 Å². The van der Waals surface area contributed by atoms with Gasteiger partial charge in [0.15, 0.2) is 0 Å². The summed E-state index contributed by atoms with van der Waals surface area (Å²) in [6.07, 6.45) is 3.11. The molecule has 4 nitrogen and oxygen atoms in total. The van der Waals surface area contributed by atoms with E-state index in [0.29, 0.717) is 6.61 Å². The molecule has 16 heavy (non-hydrogen) atoms. The quantitative estimate of drug-likeness (QED) is 0.705. The van der Waals surface area contributed by atoms with Gasteiger partial charge in [-0.05, 0) is 12.5 Å². The maximum absolute atomic E-state index is 11.3. The molecule has 0 radical (unpaired) electrons. The molecule has 90 valence electrons. The standard InChI is InChI=1S/C12H19NO3/c1-2-3-8-16-10-11(14)9-13-7-5-4-6-12(13)15/h4-7,11,14H,2-3,8-10H2,1H3/t11-/m0/s1. The summed E-state index contributed by atoms with van der Waals surface area (Å²) in [5.74, 6) is 0. The van der Waals surface area contributed by atoms with Gasteiger partial charge < -0.3 is 14.4 Å². The fourth-order valence-electron chi connectivity index (χ4n) is 1.36. The maximum Gasteiger partial charge on any atom is 0.250 e. The Morgan fingerprint density at radius 2 is 2.31 bits per heavy atom. The first-order valence-electron chi connectivity index (χ1n) is 5.65. The van der Waals surface area contributed by atoms with Crippen molar-refractivity contribution in [1.82, 2.24) is 4.57 Å². The number of unbranched alkanes of at least 4 members (excludes halogenated alkanes) is 1. The van der Waals surface area contributed by atoms with E-state index in [0.717, 1.165) is 12.8 Å². The molecule has 0 unspecified atom stereocenters. The van der Waals surface area contributed by atoms with Crippen molar-refractivity contribution < 1.29 is 9.84 Å². The number of pyridine rings is 1. The number of rotatable bonds is 7. The second-order valence-electron chi connectivity index (χ2n) is 3.77. The van der Waals surface area contributed by atoms with Crippen LogP contribution in [0.25, 0.3) is 0 Å². The van der Waals surface area contributed by atoms with Gasteiger partial charge in [0.25, 0.3) is 5.56 Å². The number of aliphatic hydroxyl groups is 1. The van der Waals surface area contributed by atoms with Gasteiger partial charge in [0.2, 0.25) is 0 Å². The predicted molar refractivity (Wildman–Crippen MR) is 62.4 cm³/mol. The van der Waals surface area contributed by atoms with E-state index < -0.39 is 6.10 Å². The number of aromatic nitrogens is 1. The smallest absolute Gasteiger partial charge is 0.250 e. The van der Waals surface area contributed by atoms with Crippen molar-refractivity contribution in [2.24, 2.45) is 0 Å². The van der Waals surface area contributed by atoms with Crippen molar-refractivity contribution in [2.45, 2.75) is 32.4 Å². The molecule has 1 heterocycles. The third kappa shape index (κ3) is 4.59. The average Bonchev–Trinajstić information content (AvgIpc) is 2.28. The zero-order valence-corrected chi connectivity index (χ0v) is 9.63.